The van der Waals surface area contributed by atoms with Crippen molar-refractivity contribution in [1.82, 2.24) is 5.01 Å². The van der Waals surface area contributed by atoms with Crippen LogP contribution in [0.3, 0.4) is 0 Å². The molecule has 3 aromatic rings. The molecule has 0 bridgehead atoms. The Morgan fingerprint density at radius 3 is 2.53 bits per heavy atom. The summed E-state index contributed by atoms with van der Waals surface area (Å²) in [4.78, 5) is 25.0. The highest BCUT2D eigenvalue weighted by Gasteiger charge is 2.35. The van der Waals surface area contributed by atoms with Crippen molar-refractivity contribution in [3.05, 3.63) is 89.9 Å². The number of esters is 1. The maximum atomic E-state index is 12.9. The quantitative estimate of drug-likeness (QED) is 0.500. The fraction of sp³-hybridized carbons (Fsp3) is 0.240. The van der Waals surface area contributed by atoms with Crippen molar-refractivity contribution in [3.63, 3.8) is 0 Å². The summed E-state index contributed by atoms with van der Waals surface area (Å²) in [5, 5.41) is 5.88. The number of aryl methyl sites for hydroxylation is 1. The average Bonchev–Trinajstić information content (AvgIpc) is 3.52. The molecule has 0 fully saturated rings. The third kappa shape index (κ3) is 5.06. The number of benzene rings is 2. The van der Waals surface area contributed by atoms with E-state index < -0.39 is 17.9 Å². The van der Waals surface area contributed by atoms with Crippen LogP contribution in [0.25, 0.3) is 0 Å². The minimum absolute atomic E-state index is 0.208. The van der Waals surface area contributed by atoms with Crippen LogP contribution in [0.4, 0.5) is 0 Å². The molecule has 2 aromatic carbocycles. The number of hydrogen-bond acceptors (Lipinski definition) is 6. The molecule has 0 saturated heterocycles. The molecule has 1 atom stereocenters. The van der Waals surface area contributed by atoms with Gasteiger partial charge >= 0.3 is 5.97 Å². The van der Waals surface area contributed by atoms with E-state index in [1.54, 1.807) is 19.4 Å². The van der Waals surface area contributed by atoms with E-state index in [4.69, 9.17) is 13.9 Å². The minimum Gasteiger partial charge on any atom is -0.497 e. The van der Waals surface area contributed by atoms with Gasteiger partial charge in [0.15, 0.2) is 6.61 Å². The van der Waals surface area contributed by atoms with Gasteiger partial charge in [-0.05, 0) is 53.9 Å². The topological polar surface area (TPSA) is 81.3 Å². The smallest absolute Gasteiger partial charge is 0.306 e. The number of amides is 1. The molecule has 1 aliphatic rings. The lowest BCUT2D eigenvalue weighted by Crippen LogP contribution is -2.31. The molecule has 0 saturated carbocycles. The zero-order valence-corrected chi connectivity index (χ0v) is 17.8. The van der Waals surface area contributed by atoms with Crippen LogP contribution in [0.5, 0.6) is 5.75 Å². The molecule has 32 heavy (non-hydrogen) atoms. The van der Waals surface area contributed by atoms with Gasteiger partial charge < -0.3 is 13.9 Å². The number of hydrogen-bond donors (Lipinski definition) is 0. The molecule has 7 nitrogen and oxygen atoms in total. The Bertz CT molecular complexity index is 1080. The summed E-state index contributed by atoms with van der Waals surface area (Å²) in [6.45, 7) is -0.371. The molecule has 1 amide bonds. The normalized spacial score (nSPS) is 15.3. The van der Waals surface area contributed by atoms with Crippen molar-refractivity contribution in [2.45, 2.75) is 25.3 Å². The van der Waals surface area contributed by atoms with Crippen LogP contribution in [0.15, 0.2) is 82.5 Å². The Hall–Kier alpha value is -3.87. The lowest BCUT2D eigenvalue weighted by molar-refractivity contribution is -0.152. The second kappa shape index (κ2) is 9.96. The van der Waals surface area contributed by atoms with Crippen molar-refractivity contribution in [2.75, 3.05) is 13.7 Å². The zero-order chi connectivity index (χ0) is 22.3. The second-order valence-electron chi connectivity index (χ2n) is 7.40. The Balaban J connectivity index is 1.41. The molecule has 0 spiro atoms. The molecule has 164 valence electrons. The molecule has 0 aliphatic carbocycles. The van der Waals surface area contributed by atoms with E-state index in [1.165, 1.54) is 5.01 Å². The molecule has 1 unspecified atom stereocenters. The van der Waals surface area contributed by atoms with Crippen molar-refractivity contribution < 1.29 is 23.5 Å². The van der Waals surface area contributed by atoms with Gasteiger partial charge in [-0.2, -0.15) is 5.10 Å². The maximum Gasteiger partial charge on any atom is 0.306 e. The number of carbonyl (C=O) groups is 2. The first-order valence-corrected chi connectivity index (χ1v) is 10.4. The van der Waals surface area contributed by atoms with Crippen LogP contribution >= 0.6 is 0 Å². The molecule has 1 aromatic heterocycles. The van der Waals surface area contributed by atoms with E-state index in [2.05, 4.69) is 5.10 Å². The summed E-state index contributed by atoms with van der Waals surface area (Å²) in [6, 6.07) is 20.3. The van der Waals surface area contributed by atoms with Gasteiger partial charge in [-0.3, -0.25) is 9.59 Å². The summed E-state index contributed by atoms with van der Waals surface area (Å²) in [5.74, 6) is 0.546. The Morgan fingerprint density at radius 1 is 1.06 bits per heavy atom. The third-order valence-electron chi connectivity index (χ3n) is 5.28. The number of furan rings is 1. The fourth-order valence-electron chi connectivity index (χ4n) is 3.57. The van der Waals surface area contributed by atoms with Gasteiger partial charge in [0.05, 0.1) is 19.1 Å². The van der Waals surface area contributed by atoms with Gasteiger partial charge in [-0.1, -0.05) is 30.3 Å². The molecule has 0 N–H and O–H groups in total. The highest BCUT2D eigenvalue weighted by molar-refractivity contribution is 6.03. The molecule has 4 rings (SSSR count). The van der Waals surface area contributed by atoms with Crippen LogP contribution in [0, 0.1) is 0 Å². The number of nitrogens with zero attached hydrogens (tertiary/aromatic N) is 2. The Labute approximate surface area is 186 Å². The van der Waals surface area contributed by atoms with Gasteiger partial charge in [0.1, 0.15) is 17.6 Å². The largest absolute Gasteiger partial charge is 0.497 e. The van der Waals surface area contributed by atoms with E-state index in [9.17, 15) is 9.59 Å². The van der Waals surface area contributed by atoms with E-state index >= 15 is 0 Å². The first-order chi connectivity index (χ1) is 15.6. The zero-order valence-electron chi connectivity index (χ0n) is 17.8. The predicted molar refractivity (Wildman–Crippen MR) is 118 cm³/mol. The van der Waals surface area contributed by atoms with E-state index in [0.717, 1.165) is 22.6 Å². The second-order valence-corrected chi connectivity index (χ2v) is 7.40. The molecule has 7 heteroatoms. The highest BCUT2D eigenvalue weighted by atomic mass is 16.5. The number of hydrazone groups is 1. The van der Waals surface area contributed by atoms with Gasteiger partial charge in [0, 0.05) is 12.8 Å². The molecular formula is C25H24N2O5. The standard InChI is InChI=1S/C25H24N2O5/c1-30-20-12-10-19(11-13-20)21-16-22(23-8-5-15-31-23)27(26-21)24(28)17-32-25(29)14-9-18-6-3-2-4-7-18/h2-8,10-13,15,22H,9,14,16-17H2,1H3. The number of carbonyl (C=O) groups excluding carboxylic acids is 2. The lowest BCUT2D eigenvalue weighted by atomic mass is 10.0. The predicted octanol–water partition coefficient (Wildman–Crippen LogP) is 4.14. The number of methoxy groups -OCH3 is 1. The highest BCUT2D eigenvalue weighted by Crippen LogP contribution is 2.33. The van der Waals surface area contributed by atoms with Crippen molar-refractivity contribution in [3.8, 4) is 5.75 Å². The van der Waals surface area contributed by atoms with Crippen LogP contribution in [0.2, 0.25) is 0 Å². The summed E-state index contributed by atoms with van der Waals surface area (Å²) >= 11 is 0. The van der Waals surface area contributed by atoms with Gasteiger partial charge in [0.2, 0.25) is 0 Å². The van der Waals surface area contributed by atoms with Crippen LogP contribution in [-0.4, -0.2) is 36.3 Å². The van der Waals surface area contributed by atoms with Crippen molar-refractivity contribution in [1.29, 1.82) is 0 Å². The monoisotopic (exact) mass is 432 g/mol. The Kier molecular flexibility index (Phi) is 6.65. The SMILES string of the molecule is COc1ccc(C2=NN(C(=O)COC(=O)CCc3ccccc3)C(c3ccco3)C2)cc1. The van der Waals surface area contributed by atoms with Gasteiger partial charge in [0.25, 0.3) is 5.91 Å². The van der Waals surface area contributed by atoms with Crippen LogP contribution in [-0.2, 0) is 20.7 Å². The Morgan fingerprint density at radius 2 is 1.84 bits per heavy atom. The summed E-state index contributed by atoms with van der Waals surface area (Å²) in [6.07, 6.45) is 2.83. The van der Waals surface area contributed by atoms with Crippen molar-refractivity contribution in [2.24, 2.45) is 5.10 Å². The van der Waals surface area contributed by atoms with Gasteiger partial charge in [-0.15, -0.1) is 0 Å². The fourth-order valence-corrected chi connectivity index (χ4v) is 3.57. The minimum atomic E-state index is -0.421. The average molecular weight is 432 g/mol. The van der Waals surface area contributed by atoms with E-state index in [-0.39, 0.29) is 13.0 Å². The summed E-state index contributed by atoms with van der Waals surface area (Å²) in [5.41, 5.74) is 2.68. The molecule has 0 radical (unpaired) electrons. The number of ether oxygens (including phenoxy) is 2. The van der Waals surface area contributed by atoms with Crippen LogP contribution < -0.4 is 4.74 Å². The van der Waals surface area contributed by atoms with E-state index in [0.29, 0.717) is 18.6 Å². The maximum absolute atomic E-state index is 12.9. The van der Waals surface area contributed by atoms with Gasteiger partial charge in [-0.25, -0.2) is 5.01 Å². The number of rotatable bonds is 8. The summed E-state index contributed by atoms with van der Waals surface area (Å²) < 4.78 is 16.0. The first kappa shape index (κ1) is 21.4. The molecule has 1 aliphatic heterocycles. The molecular weight excluding hydrogens is 408 g/mol. The van der Waals surface area contributed by atoms with Crippen molar-refractivity contribution >= 4 is 17.6 Å². The van der Waals surface area contributed by atoms with Crippen LogP contribution in [0.1, 0.15) is 35.8 Å². The van der Waals surface area contributed by atoms with E-state index in [1.807, 2.05) is 60.7 Å². The summed E-state index contributed by atoms with van der Waals surface area (Å²) in [7, 11) is 1.61. The lowest BCUT2D eigenvalue weighted by Gasteiger charge is -2.19. The molecule has 2 heterocycles. The third-order valence-corrected chi connectivity index (χ3v) is 5.28. The first-order valence-electron chi connectivity index (χ1n) is 10.4.